The van der Waals surface area contributed by atoms with Gasteiger partial charge in [0.2, 0.25) is 5.13 Å². The SMILES string of the molecule is CCc1nnc(CCCCc2nnc(N)s2)s1. The minimum Gasteiger partial charge on any atom is -0.374 e. The van der Waals surface area contributed by atoms with Crippen molar-refractivity contribution in [1.82, 2.24) is 20.4 Å². The normalized spacial score (nSPS) is 10.9. The summed E-state index contributed by atoms with van der Waals surface area (Å²) in [6, 6.07) is 0. The van der Waals surface area contributed by atoms with Gasteiger partial charge in [0.1, 0.15) is 15.0 Å². The predicted molar refractivity (Wildman–Crippen MR) is 70.3 cm³/mol. The molecule has 5 nitrogen and oxygen atoms in total. The molecule has 0 bridgehead atoms. The minimum absolute atomic E-state index is 0.553. The summed E-state index contributed by atoms with van der Waals surface area (Å²) in [7, 11) is 0. The monoisotopic (exact) mass is 269 g/mol. The summed E-state index contributed by atoms with van der Waals surface area (Å²) in [4.78, 5) is 0. The fourth-order valence-electron chi connectivity index (χ4n) is 1.45. The third-order valence-corrected chi connectivity index (χ3v) is 4.26. The molecule has 0 aromatic carbocycles. The molecule has 0 aliphatic heterocycles. The number of hydrogen-bond acceptors (Lipinski definition) is 7. The molecule has 7 heteroatoms. The first-order chi connectivity index (χ1) is 8.28. The van der Waals surface area contributed by atoms with Crippen LogP contribution < -0.4 is 5.73 Å². The molecule has 0 aliphatic carbocycles. The second-order valence-corrected chi connectivity index (χ2v) is 5.92. The number of nitrogens with zero attached hydrogens (tertiary/aromatic N) is 4. The Balaban J connectivity index is 1.69. The van der Waals surface area contributed by atoms with Crippen LogP contribution >= 0.6 is 22.7 Å². The van der Waals surface area contributed by atoms with E-state index >= 15 is 0 Å². The standard InChI is InChI=1S/C10H15N5S2/c1-2-7-12-13-8(16-7)5-3-4-6-9-14-15-10(11)17-9/h2-6H2,1H3,(H2,11,15). The lowest BCUT2D eigenvalue weighted by Crippen LogP contribution is -1.88. The first kappa shape index (κ1) is 12.4. The highest BCUT2D eigenvalue weighted by atomic mass is 32.1. The molecule has 2 heterocycles. The van der Waals surface area contributed by atoms with Gasteiger partial charge in [-0.3, -0.25) is 0 Å². The summed E-state index contributed by atoms with van der Waals surface area (Å²) in [5.41, 5.74) is 5.52. The zero-order valence-electron chi connectivity index (χ0n) is 9.72. The van der Waals surface area contributed by atoms with Crippen molar-refractivity contribution in [3.05, 3.63) is 15.0 Å². The largest absolute Gasteiger partial charge is 0.374 e. The Hall–Kier alpha value is -1.08. The van der Waals surface area contributed by atoms with E-state index in [2.05, 4.69) is 27.3 Å². The molecule has 0 aliphatic rings. The summed E-state index contributed by atoms with van der Waals surface area (Å²) >= 11 is 3.19. The summed E-state index contributed by atoms with van der Waals surface area (Å²) in [6.07, 6.45) is 5.13. The molecular formula is C10H15N5S2. The van der Waals surface area contributed by atoms with Crippen LogP contribution in [0.2, 0.25) is 0 Å². The van der Waals surface area contributed by atoms with Crippen LogP contribution in [-0.2, 0) is 19.3 Å². The topological polar surface area (TPSA) is 77.6 Å². The Bertz CT molecular complexity index is 465. The Morgan fingerprint density at radius 2 is 1.47 bits per heavy atom. The molecule has 2 aromatic heterocycles. The average molecular weight is 269 g/mol. The molecular weight excluding hydrogens is 254 g/mol. The van der Waals surface area contributed by atoms with Gasteiger partial charge in [0.15, 0.2) is 0 Å². The van der Waals surface area contributed by atoms with E-state index in [9.17, 15) is 0 Å². The van der Waals surface area contributed by atoms with Crippen molar-refractivity contribution >= 4 is 27.8 Å². The molecule has 92 valence electrons. The predicted octanol–water partition coefficient (Wildman–Crippen LogP) is 2.10. The van der Waals surface area contributed by atoms with Gasteiger partial charge in [-0.2, -0.15) is 0 Å². The molecule has 0 saturated carbocycles. The van der Waals surface area contributed by atoms with E-state index in [1.807, 2.05) is 0 Å². The van der Waals surface area contributed by atoms with E-state index in [-0.39, 0.29) is 0 Å². The molecule has 17 heavy (non-hydrogen) atoms. The molecule has 0 atom stereocenters. The third kappa shape index (κ3) is 3.71. The lowest BCUT2D eigenvalue weighted by Gasteiger charge is -1.94. The van der Waals surface area contributed by atoms with Crippen molar-refractivity contribution < 1.29 is 0 Å². The maximum atomic E-state index is 5.52. The summed E-state index contributed by atoms with van der Waals surface area (Å²) in [6.45, 7) is 2.10. The van der Waals surface area contributed by atoms with Crippen LogP contribution in [0.15, 0.2) is 0 Å². The first-order valence-corrected chi connectivity index (χ1v) is 7.30. The highest BCUT2D eigenvalue weighted by Gasteiger charge is 2.04. The van der Waals surface area contributed by atoms with Gasteiger partial charge in [-0.15, -0.1) is 31.7 Å². The highest BCUT2D eigenvalue weighted by Crippen LogP contribution is 2.16. The number of rotatable bonds is 6. The minimum atomic E-state index is 0.553. The van der Waals surface area contributed by atoms with Gasteiger partial charge >= 0.3 is 0 Å². The van der Waals surface area contributed by atoms with Gasteiger partial charge in [-0.05, 0) is 19.3 Å². The van der Waals surface area contributed by atoms with E-state index < -0.39 is 0 Å². The Morgan fingerprint density at radius 1 is 0.882 bits per heavy atom. The summed E-state index contributed by atoms with van der Waals surface area (Å²) in [5, 5.41) is 19.9. The van der Waals surface area contributed by atoms with Crippen LogP contribution in [0.1, 0.15) is 34.8 Å². The second-order valence-electron chi connectivity index (χ2n) is 3.68. The number of hydrogen-bond donors (Lipinski definition) is 1. The van der Waals surface area contributed by atoms with Crippen LogP contribution in [0.5, 0.6) is 0 Å². The van der Waals surface area contributed by atoms with Crippen molar-refractivity contribution in [1.29, 1.82) is 0 Å². The Morgan fingerprint density at radius 3 is 2.00 bits per heavy atom. The molecule has 0 saturated heterocycles. The smallest absolute Gasteiger partial charge is 0.203 e. The number of nitrogens with two attached hydrogens (primary N) is 1. The van der Waals surface area contributed by atoms with Gasteiger partial charge in [-0.25, -0.2) is 0 Å². The van der Waals surface area contributed by atoms with Crippen molar-refractivity contribution in [2.24, 2.45) is 0 Å². The maximum Gasteiger partial charge on any atom is 0.203 e. The average Bonchev–Trinajstić information content (AvgIpc) is 2.93. The zero-order chi connectivity index (χ0) is 12.1. The van der Waals surface area contributed by atoms with Crippen molar-refractivity contribution in [2.75, 3.05) is 5.73 Å². The van der Waals surface area contributed by atoms with E-state index in [4.69, 9.17) is 5.73 Å². The van der Waals surface area contributed by atoms with Gasteiger partial charge in [-0.1, -0.05) is 18.3 Å². The summed E-state index contributed by atoms with van der Waals surface area (Å²) in [5.74, 6) is 0. The lowest BCUT2D eigenvalue weighted by atomic mass is 10.2. The summed E-state index contributed by atoms with van der Waals surface area (Å²) < 4.78 is 0. The Kier molecular flexibility index (Phi) is 4.38. The fourth-order valence-corrected chi connectivity index (χ4v) is 2.93. The van der Waals surface area contributed by atoms with Gasteiger partial charge in [0.25, 0.3) is 0 Å². The molecule has 0 fully saturated rings. The van der Waals surface area contributed by atoms with E-state index in [0.717, 1.165) is 47.1 Å². The first-order valence-electron chi connectivity index (χ1n) is 5.67. The number of aryl methyl sites for hydroxylation is 3. The molecule has 0 radical (unpaired) electrons. The van der Waals surface area contributed by atoms with Crippen LogP contribution in [0.4, 0.5) is 5.13 Å². The van der Waals surface area contributed by atoms with E-state index in [1.165, 1.54) is 11.3 Å². The van der Waals surface area contributed by atoms with Crippen LogP contribution in [0.25, 0.3) is 0 Å². The Labute approximate surface area is 108 Å². The highest BCUT2D eigenvalue weighted by molar-refractivity contribution is 7.15. The van der Waals surface area contributed by atoms with E-state index in [1.54, 1.807) is 11.3 Å². The van der Waals surface area contributed by atoms with Crippen LogP contribution in [0, 0.1) is 0 Å². The van der Waals surface area contributed by atoms with Crippen LogP contribution in [0.3, 0.4) is 0 Å². The molecule has 0 amide bonds. The molecule has 0 unspecified atom stereocenters. The number of nitrogen functional groups attached to an aromatic ring is 1. The fraction of sp³-hybridized carbons (Fsp3) is 0.600. The van der Waals surface area contributed by atoms with E-state index in [0.29, 0.717) is 5.13 Å². The van der Waals surface area contributed by atoms with Crippen molar-refractivity contribution in [3.8, 4) is 0 Å². The molecule has 2 rings (SSSR count). The van der Waals surface area contributed by atoms with Gasteiger partial charge < -0.3 is 5.73 Å². The quantitative estimate of drug-likeness (QED) is 0.813. The maximum absolute atomic E-state index is 5.52. The van der Waals surface area contributed by atoms with Gasteiger partial charge in [0.05, 0.1) is 0 Å². The van der Waals surface area contributed by atoms with Gasteiger partial charge in [0, 0.05) is 12.8 Å². The molecule has 0 spiro atoms. The second kappa shape index (κ2) is 6.02. The molecule has 2 N–H and O–H groups in total. The van der Waals surface area contributed by atoms with Crippen molar-refractivity contribution in [2.45, 2.75) is 39.0 Å². The zero-order valence-corrected chi connectivity index (χ0v) is 11.4. The number of anilines is 1. The third-order valence-electron chi connectivity index (χ3n) is 2.32. The number of aromatic nitrogens is 4. The van der Waals surface area contributed by atoms with Crippen molar-refractivity contribution in [3.63, 3.8) is 0 Å². The molecule has 2 aromatic rings. The van der Waals surface area contributed by atoms with Crippen LogP contribution in [-0.4, -0.2) is 20.4 Å². The number of unbranched alkanes of at least 4 members (excludes halogenated alkanes) is 1. The lowest BCUT2D eigenvalue weighted by molar-refractivity contribution is 0.717.